The van der Waals surface area contributed by atoms with Crippen LogP contribution in [0.4, 0.5) is 5.69 Å². The highest BCUT2D eigenvalue weighted by Gasteiger charge is 2.13. The fourth-order valence-corrected chi connectivity index (χ4v) is 2.82. The Morgan fingerprint density at radius 3 is 2.09 bits per heavy atom. The first-order valence-corrected chi connectivity index (χ1v) is 8.00. The van der Waals surface area contributed by atoms with Gasteiger partial charge in [-0.05, 0) is 35.2 Å². The summed E-state index contributed by atoms with van der Waals surface area (Å²) in [6, 6.07) is 29.3. The largest absolute Gasteiger partial charge is 0.399 e. The van der Waals surface area contributed by atoms with E-state index in [9.17, 15) is 0 Å². The summed E-state index contributed by atoms with van der Waals surface area (Å²) in [4.78, 5) is 0. The summed E-state index contributed by atoms with van der Waals surface area (Å²) in [6.45, 7) is 0.915. The molecule has 0 heterocycles. The van der Waals surface area contributed by atoms with Gasteiger partial charge >= 0.3 is 0 Å². The first-order valence-electron chi connectivity index (χ1n) is 8.00. The van der Waals surface area contributed by atoms with Crippen LogP contribution in [0.5, 0.6) is 0 Å². The van der Waals surface area contributed by atoms with E-state index in [1.54, 1.807) is 0 Å². The van der Waals surface area contributed by atoms with Crippen LogP contribution in [0, 0.1) is 0 Å². The van der Waals surface area contributed by atoms with Crippen molar-refractivity contribution in [1.29, 1.82) is 0 Å². The normalized spacial score (nSPS) is 12.0. The van der Waals surface area contributed by atoms with Gasteiger partial charge in [0.1, 0.15) is 0 Å². The highest BCUT2D eigenvalue weighted by atomic mass is 14.9. The maximum Gasteiger partial charge on any atom is 0.0577 e. The molecule has 0 bridgehead atoms. The lowest BCUT2D eigenvalue weighted by atomic mass is 9.98. The van der Waals surface area contributed by atoms with E-state index in [1.165, 1.54) is 16.7 Å². The van der Waals surface area contributed by atoms with Crippen molar-refractivity contribution in [1.82, 2.24) is 5.32 Å². The standard InChI is InChI=1S/C21H22N2/c22-20-13-7-12-19(16-20)21(18-10-5-2-6-11-18)23-15-14-17-8-3-1-4-9-17/h1-13,16,21,23H,14-15,22H2/t21-/m1/s1. The highest BCUT2D eigenvalue weighted by molar-refractivity contribution is 5.44. The molecule has 0 aliphatic rings. The third kappa shape index (κ3) is 4.21. The van der Waals surface area contributed by atoms with Crippen LogP contribution in [0.1, 0.15) is 22.7 Å². The Morgan fingerprint density at radius 2 is 1.39 bits per heavy atom. The minimum absolute atomic E-state index is 0.156. The second-order valence-corrected chi connectivity index (χ2v) is 5.70. The predicted molar refractivity (Wildman–Crippen MR) is 97.3 cm³/mol. The van der Waals surface area contributed by atoms with Gasteiger partial charge in [-0.15, -0.1) is 0 Å². The third-order valence-electron chi connectivity index (χ3n) is 3.98. The van der Waals surface area contributed by atoms with Crippen molar-refractivity contribution in [3.63, 3.8) is 0 Å². The van der Waals surface area contributed by atoms with E-state index < -0.39 is 0 Å². The molecule has 0 spiro atoms. The summed E-state index contributed by atoms with van der Waals surface area (Å²) in [6.07, 6.45) is 1.01. The van der Waals surface area contributed by atoms with Crippen LogP contribution in [0.2, 0.25) is 0 Å². The molecule has 2 heteroatoms. The van der Waals surface area contributed by atoms with Gasteiger partial charge in [0.15, 0.2) is 0 Å². The molecule has 0 aliphatic carbocycles. The lowest BCUT2D eigenvalue weighted by Crippen LogP contribution is -2.24. The van der Waals surface area contributed by atoms with Crippen molar-refractivity contribution in [2.75, 3.05) is 12.3 Å². The number of benzene rings is 3. The van der Waals surface area contributed by atoms with Gasteiger partial charge in [-0.2, -0.15) is 0 Å². The molecule has 3 N–H and O–H groups in total. The second kappa shape index (κ2) is 7.61. The van der Waals surface area contributed by atoms with Gasteiger partial charge in [-0.25, -0.2) is 0 Å². The van der Waals surface area contributed by atoms with Crippen LogP contribution < -0.4 is 11.1 Å². The maximum atomic E-state index is 5.97. The Morgan fingerprint density at radius 1 is 0.739 bits per heavy atom. The number of nitrogens with two attached hydrogens (primary N) is 1. The summed E-state index contributed by atoms with van der Waals surface area (Å²) in [5.41, 5.74) is 10.6. The van der Waals surface area contributed by atoms with Crippen LogP contribution >= 0.6 is 0 Å². The Hall–Kier alpha value is -2.58. The second-order valence-electron chi connectivity index (χ2n) is 5.70. The first kappa shape index (κ1) is 15.3. The van der Waals surface area contributed by atoms with Gasteiger partial charge in [-0.1, -0.05) is 72.8 Å². The summed E-state index contributed by atoms with van der Waals surface area (Å²) in [7, 11) is 0. The lowest BCUT2D eigenvalue weighted by Gasteiger charge is -2.20. The summed E-state index contributed by atoms with van der Waals surface area (Å²) in [5.74, 6) is 0. The first-order chi connectivity index (χ1) is 11.3. The number of nitrogen functional groups attached to an aromatic ring is 1. The van der Waals surface area contributed by atoms with Crippen LogP contribution in [0.25, 0.3) is 0 Å². The molecule has 3 aromatic carbocycles. The smallest absolute Gasteiger partial charge is 0.0577 e. The Bertz CT molecular complexity index is 723. The van der Waals surface area contributed by atoms with Gasteiger partial charge in [0.2, 0.25) is 0 Å². The molecular weight excluding hydrogens is 280 g/mol. The van der Waals surface area contributed by atoms with Crippen LogP contribution in [-0.4, -0.2) is 6.54 Å². The summed E-state index contributed by atoms with van der Waals surface area (Å²) in [5, 5.41) is 3.67. The number of hydrogen-bond donors (Lipinski definition) is 2. The maximum absolute atomic E-state index is 5.97. The van der Waals surface area contributed by atoms with E-state index in [0.717, 1.165) is 18.7 Å². The van der Waals surface area contributed by atoms with Crippen molar-refractivity contribution < 1.29 is 0 Å². The average Bonchev–Trinajstić information content (AvgIpc) is 2.60. The molecule has 2 nitrogen and oxygen atoms in total. The minimum atomic E-state index is 0.156. The quantitative estimate of drug-likeness (QED) is 0.670. The molecule has 116 valence electrons. The van der Waals surface area contributed by atoms with Crippen LogP contribution in [0.15, 0.2) is 84.9 Å². The van der Waals surface area contributed by atoms with Crippen LogP contribution in [0.3, 0.4) is 0 Å². The zero-order chi connectivity index (χ0) is 15.9. The topological polar surface area (TPSA) is 38.0 Å². The van der Waals surface area contributed by atoms with E-state index in [-0.39, 0.29) is 6.04 Å². The van der Waals surface area contributed by atoms with Crippen LogP contribution in [-0.2, 0) is 6.42 Å². The molecule has 23 heavy (non-hydrogen) atoms. The molecule has 0 aromatic heterocycles. The van der Waals surface area contributed by atoms with E-state index in [0.29, 0.717) is 0 Å². The zero-order valence-electron chi connectivity index (χ0n) is 13.2. The Kier molecular flexibility index (Phi) is 5.07. The van der Waals surface area contributed by atoms with Gasteiger partial charge in [0, 0.05) is 12.2 Å². The Labute approximate surface area is 138 Å². The van der Waals surface area contributed by atoms with Gasteiger partial charge in [0.05, 0.1) is 6.04 Å². The molecule has 3 rings (SSSR count). The molecule has 0 unspecified atom stereocenters. The monoisotopic (exact) mass is 302 g/mol. The molecule has 0 saturated carbocycles. The van der Waals surface area contributed by atoms with E-state index in [2.05, 4.69) is 66.0 Å². The molecule has 0 amide bonds. The summed E-state index contributed by atoms with van der Waals surface area (Å²) < 4.78 is 0. The average molecular weight is 302 g/mol. The number of hydrogen-bond acceptors (Lipinski definition) is 2. The fourth-order valence-electron chi connectivity index (χ4n) is 2.82. The third-order valence-corrected chi connectivity index (χ3v) is 3.98. The van der Waals surface area contributed by atoms with Crippen molar-refractivity contribution in [3.8, 4) is 0 Å². The van der Waals surface area contributed by atoms with E-state index >= 15 is 0 Å². The molecule has 0 aliphatic heterocycles. The van der Waals surface area contributed by atoms with Gasteiger partial charge < -0.3 is 11.1 Å². The highest BCUT2D eigenvalue weighted by Crippen LogP contribution is 2.23. The molecular formula is C21H22N2. The van der Waals surface area contributed by atoms with E-state index in [4.69, 9.17) is 5.73 Å². The van der Waals surface area contributed by atoms with Gasteiger partial charge in [-0.3, -0.25) is 0 Å². The SMILES string of the molecule is Nc1cccc([C@H](NCCc2ccccc2)c2ccccc2)c1. The fraction of sp³-hybridized carbons (Fsp3) is 0.143. The molecule has 0 saturated heterocycles. The molecule has 3 aromatic rings. The summed E-state index contributed by atoms with van der Waals surface area (Å²) >= 11 is 0. The zero-order valence-corrected chi connectivity index (χ0v) is 13.2. The molecule has 0 fully saturated rings. The predicted octanol–water partition coefficient (Wildman–Crippen LogP) is 4.19. The van der Waals surface area contributed by atoms with Crippen molar-refractivity contribution >= 4 is 5.69 Å². The van der Waals surface area contributed by atoms with Gasteiger partial charge in [0.25, 0.3) is 0 Å². The number of nitrogens with one attached hydrogen (secondary N) is 1. The number of anilines is 1. The van der Waals surface area contributed by atoms with E-state index in [1.807, 2.05) is 24.3 Å². The molecule has 0 radical (unpaired) electrons. The number of rotatable bonds is 6. The molecule has 1 atom stereocenters. The van der Waals surface area contributed by atoms with Crippen molar-refractivity contribution in [2.45, 2.75) is 12.5 Å². The van der Waals surface area contributed by atoms with Crippen molar-refractivity contribution in [3.05, 3.63) is 102 Å². The lowest BCUT2D eigenvalue weighted by molar-refractivity contribution is 0.606. The Balaban J connectivity index is 1.76. The minimum Gasteiger partial charge on any atom is -0.399 e. The van der Waals surface area contributed by atoms with Crippen molar-refractivity contribution in [2.24, 2.45) is 0 Å².